The fraction of sp³-hybridized carbons (Fsp3) is 0.176. The minimum atomic E-state index is -0.653. The molecule has 2 amide bonds. The number of esters is 1. The smallest absolute Gasteiger partial charge is 0.340 e. The van der Waals surface area contributed by atoms with Crippen molar-refractivity contribution in [1.82, 2.24) is 9.88 Å². The molecule has 2 aromatic rings. The maximum atomic E-state index is 12.5. The van der Waals surface area contributed by atoms with E-state index in [9.17, 15) is 14.4 Å². The van der Waals surface area contributed by atoms with E-state index in [1.165, 1.54) is 6.07 Å². The molecule has 0 aliphatic carbocycles. The molecular weight excluding hydrogens is 367 g/mol. The number of benzene rings is 1. The number of amides is 2. The molecule has 0 fully saturated rings. The highest BCUT2D eigenvalue weighted by Crippen LogP contribution is 2.28. The van der Waals surface area contributed by atoms with E-state index in [0.717, 1.165) is 4.90 Å². The molecule has 2 heterocycles. The summed E-state index contributed by atoms with van der Waals surface area (Å²) < 4.78 is 4.97. The van der Waals surface area contributed by atoms with Crippen molar-refractivity contribution in [2.45, 2.75) is 13.5 Å². The average Bonchev–Trinajstić information content (AvgIpc) is 2.83. The van der Waals surface area contributed by atoms with Gasteiger partial charge in [0.15, 0.2) is 0 Å². The van der Waals surface area contributed by atoms with E-state index in [1.54, 1.807) is 31.2 Å². The Labute approximate surface area is 153 Å². The summed E-state index contributed by atoms with van der Waals surface area (Å²) >= 11 is 11.9. The second kappa shape index (κ2) is 6.82. The SMILES string of the molecule is CCOC(=O)c1cc(Cl)c(Cl)nc1CN1C(=O)c2ccccc2C1=O. The Hall–Kier alpha value is -2.44. The Morgan fingerprint density at radius 2 is 1.76 bits per heavy atom. The largest absolute Gasteiger partial charge is 0.462 e. The zero-order valence-corrected chi connectivity index (χ0v) is 14.6. The van der Waals surface area contributed by atoms with Gasteiger partial charge in [-0.3, -0.25) is 14.5 Å². The molecule has 128 valence electrons. The molecule has 0 saturated carbocycles. The maximum Gasteiger partial charge on any atom is 0.340 e. The van der Waals surface area contributed by atoms with Gasteiger partial charge in [-0.2, -0.15) is 0 Å². The van der Waals surface area contributed by atoms with Gasteiger partial charge in [0, 0.05) is 0 Å². The van der Waals surface area contributed by atoms with Crippen LogP contribution in [0.15, 0.2) is 30.3 Å². The standard InChI is InChI=1S/C17H12Cl2N2O4/c1-2-25-17(24)11-7-12(18)14(19)20-13(11)8-21-15(22)9-5-3-4-6-10(9)16(21)23/h3-7H,2,8H2,1H3. The molecule has 0 N–H and O–H groups in total. The number of carbonyl (C=O) groups excluding carboxylic acids is 3. The Morgan fingerprint density at radius 3 is 2.32 bits per heavy atom. The summed E-state index contributed by atoms with van der Waals surface area (Å²) in [6.07, 6.45) is 0. The molecule has 0 unspecified atom stereocenters. The number of ether oxygens (including phenoxy) is 1. The molecule has 1 aliphatic heterocycles. The summed E-state index contributed by atoms with van der Waals surface area (Å²) in [6, 6.07) is 7.82. The highest BCUT2D eigenvalue weighted by Gasteiger charge is 2.36. The molecule has 1 aromatic carbocycles. The lowest BCUT2D eigenvalue weighted by atomic mass is 10.1. The van der Waals surface area contributed by atoms with E-state index >= 15 is 0 Å². The van der Waals surface area contributed by atoms with Crippen molar-refractivity contribution in [3.8, 4) is 0 Å². The van der Waals surface area contributed by atoms with Crippen LogP contribution >= 0.6 is 23.2 Å². The van der Waals surface area contributed by atoms with Crippen molar-refractivity contribution < 1.29 is 19.1 Å². The first kappa shape index (κ1) is 17.4. The van der Waals surface area contributed by atoms with Crippen molar-refractivity contribution in [2.24, 2.45) is 0 Å². The average molecular weight is 379 g/mol. The Morgan fingerprint density at radius 1 is 1.16 bits per heavy atom. The van der Waals surface area contributed by atoms with Crippen LogP contribution in [0.25, 0.3) is 0 Å². The maximum absolute atomic E-state index is 12.5. The van der Waals surface area contributed by atoms with Crippen LogP contribution in [-0.2, 0) is 11.3 Å². The van der Waals surface area contributed by atoms with Crippen molar-refractivity contribution in [2.75, 3.05) is 6.61 Å². The molecule has 0 saturated heterocycles. The molecule has 3 rings (SSSR count). The third-order valence-electron chi connectivity index (χ3n) is 3.69. The van der Waals surface area contributed by atoms with Gasteiger partial charge < -0.3 is 4.74 Å². The van der Waals surface area contributed by atoms with E-state index in [4.69, 9.17) is 27.9 Å². The number of aromatic nitrogens is 1. The first-order chi connectivity index (χ1) is 11.9. The van der Waals surface area contributed by atoms with E-state index in [-0.39, 0.29) is 34.6 Å². The number of imide groups is 1. The van der Waals surface area contributed by atoms with E-state index < -0.39 is 17.8 Å². The molecule has 0 atom stereocenters. The molecule has 0 bridgehead atoms. The topological polar surface area (TPSA) is 76.6 Å². The summed E-state index contributed by atoms with van der Waals surface area (Å²) in [4.78, 5) is 42.1. The monoisotopic (exact) mass is 378 g/mol. The van der Waals surface area contributed by atoms with Crippen LogP contribution in [0.5, 0.6) is 0 Å². The third-order valence-corrected chi connectivity index (χ3v) is 4.37. The van der Waals surface area contributed by atoms with Crippen molar-refractivity contribution in [3.63, 3.8) is 0 Å². The van der Waals surface area contributed by atoms with Gasteiger partial charge in [-0.25, -0.2) is 9.78 Å². The molecule has 1 aromatic heterocycles. The lowest BCUT2D eigenvalue weighted by Crippen LogP contribution is -2.30. The third kappa shape index (κ3) is 3.10. The van der Waals surface area contributed by atoms with E-state index in [1.807, 2.05) is 0 Å². The number of fused-ring (bicyclic) bond motifs is 1. The van der Waals surface area contributed by atoms with E-state index in [0.29, 0.717) is 11.1 Å². The van der Waals surface area contributed by atoms with Crippen LogP contribution in [0.3, 0.4) is 0 Å². The van der Waals surface area contributed by atoms with Crippen molar-refractivity contribution in [3.05, 3.63) is 62.9 Å². The zero-order valence-electron chi connectivity index (χ0n) is 13.1. The van der Waals surface area contributed by atoms with Gasteiger partial charge in [0.2, 0.25) is 0 Å². The van der Waals surface area contributed by atoms with Gasteiger partial charge in [0.05, 0.1) is 40.6 Å². The van der Waals surface area contributed by atoms with Crippen LogP contribution in [0.2, 0.25) is 10.2 Å². The van der Waals surface area contributed by atoms with Crippen LogP contribution in [-0.4, -0.2) is 34.3 Å². The number of carbonyl (C=O) groups is 3. The quantitative estimate of drug-likeness (QED) is 0.463. The van der Waals surface area contributed by atoms with Gasteiger partial charge in [-0.1, -0.05) is 35.3 Å². The number of halogens is 2. The predicted molar refractivity (Wildman–Crippen MR) is 90.9 cm³/mol. The number of nitrogens with zero attached hydrogens (tertiary/aromatic N) is 2. The summed E-state index contributed by atoms with van der Waals surface area (Å²) in [5.41, 5.74) is 0.825. The Kier molecular flexibility index (Phi) is 4.74. The molecule has 25 heavy (non-hydrogen) atoms. The Bertz CT molecular complexity index is 863. The second-order valence-corrected chi connectivity index (χ2v) is 5.98. The van der Waals surface area contributed by atoms with Crippen LogP contribution in [0, 0.1) is 0 Å². The fourth-order valence-corrected chi connectivity index (χ4v) is 2.85. The molecule has 1 aliphatic rings. The molecule has 8 heteroatoms. The lowest BCUT2D eigenvalue weighted by Gasteiger charge is -2.16. The number of rotatable bonds is 4. The summed E-state index contributed by atoms with van der Waals surface area (Å²) in [7, 11) is 0. The fourth-order valence-electron chi connectivity index (χ4n) is 2.54. The lowest BCUT2D eigenvalue weighted by molar-refractivity contribution is 0.0516. The van der Waals surface area contributed by atoms with Crippen molar-refractivity contribution in [1.29, 1.82) is 0 Å². The first-order valence-electron chi connectivity index (χ1n) is 7.41. The van der Waals surface area contributed by atoms with Gasteiger partial charge >= 0.3 is 5.97 Å². The molecular formula is C17H12Cl2N2O4. The predicted octanol–water partition coefficient (Wildman–Crippen LogP) is 3.36. The van der Waals surface area contributed by atoms with Crippen LogP contribution < -0.4 is 0 Å². The summed E-state index contributed by atoms with van der Waals surface area (Å²) in [6.45, 7) is 1.61. The molecule has 0 radical (unpaired) electrons. The minimum Gasteiger partial charge on any atom is -0.462 e. The van der Waals surface area contributed by atoms with Gasteiger partial charge in [-0.05, 0) is 25.1 Å². The van der Waals surface area contributed by atoms with Crippen LogP contribution in [0.4, 0.5) is 0 Å². The summed E-state index contributed by atoms with van der Waals surface area (Å²) in [5, 5.41) is 0.0529. The number of pyridine rings is 1. The molecule has 6 nitrogen and oxygen atoms in total. The van der Waals surface area contributed by atoms with Crippen LogP contribution in [0.1, 0.15) is 43.7 Å². The second-order valence-electron chi connectivity index (χ2n) is 5.22. The highest BCUT2D eigenvalue weighted by molar-refractivity contribution is 6.41. The van der Waals surface area contributed by atoms with Gasteiger partial charge in [0.25, 0.3) is 11.8 Å². The molecule has 0 spiro atoms. The van der Waals surface area contributed by atoms with Gasteiger partial charge in [0.1, 0.15) is 5.15 Å². The van der Waals surface area contributed by atoms with E-state index in [2.05, 4.69) is 4.98 Å². The normalized spacial score (nSPS) is 13.2. The minimum absolute atomic E-state index is 0.0266. The number of hydrogen-bond acceptors (Lipinski definition) is 5. The zero-order chi connectivity index (χ0) is 18.1. The van der Waals surface area contributed by atoms with Gasteiger partial charge in [-0.15, -0.1) is 0 Å². The highest BCUT2D eigenvalue weighted by atomic mass is 35.5. The Balaban J connectivity index is 1.99. The number of hydrogen-bond donors (Lipinski definition) is 0. The summed E-state index contributed by atoms with van der Waals surface area (Å²) in [5.74, 6) is -1.56. The van der Waals surface area contributed by atoms with Crippen molar-refractivity contribution >= 4 is 41.0 Å². The first-order valence-corrected chi connectivity index (χ1v) is 8.17.